The highest BCUT2D eigenvalue weighted by Crippen LogP contribution is 2.38. The van der Waals surface area contributed by atoms with Crippen molar-refractivity contribution < 1.29 is 4.79 Å². The van der Waals surface area contributed by atoms with Gasteiger partial charge >= 0.3 is 0 Å². The summed E-state index contributed by atoms with van der Waals surface area (Å²) in [5, 5.41) is 2.19. The second-order valence-corrected chi connectivity index (χ2v) is 6.25. The first-order valence-corrected chi connectivity index (χ1v) is 7.99. The number of carbonyl (C=O) groups is 1. The van der Waals surface area contributed by atoms with Crippen molar-refractivity contribution in [3.05, 3.63) is 48.0 Å². The molecule has 0 bridgehead atoms. The van der Waals surface area contributed by atoms with Gasteiger partial charge in [-0.25, -0.2) is 0 Å². The number of carbonyl (C=O) groups excluding carboxylic acids is 1. The van der Waals surface area contributed by atoms with Crippen LogP contribution in [-0.4, -0.2) is 12.3 Å². The van der Waals surface area contributed by atoms with E-state index in [1.54, 1.807) is 0 Å². The Morgan fingerprint density at radius 3 is 2.33 bits per heavy atom. The van der Waals surface area contributed by atoms with Gasteiger partial charge < -0.3 is 5.73 Å². The monoisotopic (exact) mass is 281 g/mol. The van der Waals surface area contributed by atoms with E-state index >= 15 is 0 Å². The van der Waals surface area contributed by atoms with Gasteiger partial charge in [0.05, 0.1) is 0 Å². The zero-order valence-electron chi connectivity index (χ0n) is 12.5. The number of hydrogen-bond acceptors (Lipinski definition) is 2. The molecule has 2 heteroatoms. The van der Waals surface area contributed by atoms with E-state index in [0.29, 0.717) is 6.54 Å². The number of ketones is 1. The minimum Gasteiger partial charge on any atom is -0.329 e. The van der Waals surface area contributed by atoms with Crippen LogP contribution in [0.5, 0.6) is 0 Å². The molecular formula is C19H23NO. The molecular weight excluding hydrogens is 258 g/mol. The minimum atomic E-state index is -0.347. The Kier molecular flexibility index (Phi) is 4.07. The van der Waals surface area contributed by atoms with Crippen molar-refractivity contribution in [2.75, 3.05) is 6.54 Å². The van der Waals surface area contributed by atoms with Crippen LogP contribution in [0.1, 0.15) is 48.9 Å². The fourth-order valence-corrected chi connectivity index (χ4v) is 3.64. The Morgan fingerprint density at radius 1 is 0.952 bits per heavy atom. The van der Waals surface area contributed by atoms with E-state index in [9.17, 15) is 4.79 Å². The van der Waals surface area contributed by atoms with Gasteiger partial charge in [0.15, 0.2) is 5.78 Å². The van der Waals surface area contributed by atoms with Crippen LogP contribution in [0.4, 0.5) is 0 Å². The van der Waals surface area contributed by atoms with Crippen molar-refractivity contribution >= 4 is 16.6 Å². The molecule has 0 radical (unpaired) electrons. The van der Waals surface area contributed by atoms with Gasteiger partial charge in [0, 0.05) is 17.5 Å². The summed E-state index contributed by atoms with van der Waals surface area (Å²) in [5.74, 6) is 0.253. The highest BCUT2D eigenvalue weighted by molar-refractivity contribution is 6.10. The van der Waals surface area contributed by atoms with E-state index < -0.39 is 0 Å². The summed E-state index contributed by atoms with van der Waals surface area (Å²) < 4.78 is 0. The first-order chi connectivity index (χ1) is 10.3. The summed E-state index contributed by atoms with van der Waals surface area (Å²) in [5.41, 5.74) is 6.57. The van der Waals surface area contributed by atoms with Crippen LogP contribution in [0.3, 0.4) is 0 Å². The molecule has 110 valence electrons. The number of benzene rings is 2. The molecule has 1 fully saturated rings. The predicted molar refractivity (Wildman–Crippen MR) is 87.5 cm³/mol. The van der Waals surface area contributed by atoms with Crippen LogP contribution in [-0.2, 0) is 0 Å². The fraction of sp³-hybridized carbons (Fsp3) is 0.421. The average Bonchev–Trinajstić information content (AvgIpc) is 2.80. The lowest BCUT2D eigenvalue weighted by Crippen LogP contribution is -2.38. The topological polar surface area (TPSA) is 43.1 Å². The maximum Gasteiger partial charge on any atom is 0.170 e. The zero-order chi connectivity index (χ0) is 14.7. The molecule has 21 heavy (non-hydrogen) atoms. The molecule has 0 saturated heterocycles. The van der Waals surface area contributed by atoms with Crippen LogP contribution in [0.2, 0.25) is 0 Å². The molecule has 2 aromatic carbocycles. The lowest BCUT2D eigenvalue weighted by molar-refractivity contribution is 0.0776. The minimum absolute atomic E-state index is 0.253. The molecule has 1 aliphatic carbocycles. The van der Waals surface area contributed by atoms with Gasteiger partial charge in [0.2, 0.25) is 0 Å². The zero-order valence-corrected chi connectivity index (χ0v) is 12.5. The third-order valence-corrected chi connectivity index (χ3v) is 4.97. The smallest absolute Gasteiger partial charge is 0.170 e. The highest BCUT2D eigenvalue weighted by atomic mass is 16.1. The Bertz CT molecular complexity index is 634. The first-order valence-electron chi connectivity index (χ1n) is 7.99. The lowest BCUT2D eigenvalue weighted by Gasteiger charge is -2.30. The molecule has 0 spiro atoms. The van der Waals surface area contributed by atoms with Crippen molar-refractivity contribution in [1.29, 1.82) is 0 Å². The predicted octanol–water partition coefficient (Wildman–Crippen LogP) is 4.32. The molecule has 2 N–H and O–H groups in total. The molecule has 0 amide bonds. The summed E-state index contributed by atoms with van der Waals surface area (Å²) >= 11 is 0. The van der Waals surface area contributed by atoms with Gasteiger partial charge in [-0.05, 0) is 23.6 Å². The Labute approximate surface area is 126 Å². The molecule has 3 rings (SSSR count). The van der Waals surface area contributed by atoms with E-state index in [-0.39, 0.29) is 11.2 Å². The molecule has 1 saturated carbocycles. The van der Waals surface area contributed by atoms with Crippen molar-refractivity contribution in [2.24, 2.45) is 11.1 Å². The number of Topliss-reactive ketones (excluding diaryl/α,β-unsaturated/α-hetero) is 1. The molecule has 0 heterocycles. The van der Waals surface area contributed by atoms with Crippen molar-refractivity contribution in [1.82, 2.24) is 0 Å². The van der Waals surface area contributed by atoms with Crippen LogP contribution >= 0.6 is 0 Å². The Balaban J connectivity index is 2.06. The summed E-state index contributed by atoms with van der Waals surface area (Å²) in [7, 11) is 0. The lowest BCUT2D eigenvalue weighted by atomic mass is 9.73. The van der Waals surface area contributed by atoms with Gasteiger partial charge in [-0.2, -0.15) is 0 Å². The van der Waals surface area contributed by atoms with Crippen LogP contribution in [0, 0.1) is 5.41 Å². The first kappa shape index (κ1) is 14.3. The van der Waals surface area contributed by atoms with E-state index in [0.717, 1.165) is 42.0 Å². The highest BCUT2D eigenvalue weighted by Gasteiger charge is 2.38. The van der Waals surface area contributed by atoms with Crippen LogP contribution in [0.25, 0.3) is 10.8 Å². The molecule has 1 aliphatic rings. The maximum atomic E-state index is 13.2. The van der Waals surface area contributed by atoms with Crippen LogP contribution in [0.15, 0.2) is 42.5 Å². The summed E-state index contributed by atoms with van der Waals surface area (Å²) in [6, 6.07) is 14.1. The van der Waals surface area contributed by atoms with Crippen LogP contribution < -0.4 is 5.73 Å². The third-order valence-electron chi connectivity index (χ3n) is 4.97. The standard InChI is InChI=1S/C19H23NO/c20-14-19(12-5-1-2-6-13-19)18(21)17-11-7-9-15-8-3-4-10-16(15)17/h3-4,7-11H,1-2,5-6,12-14,20H2. The van der Waals surface area contributed by atoms with E-state index in [1.807, 2.05) is 30.3 Å². The van der Waals surface area contributed by atoms with Crippen molar-refractivity contribution in [3.63, 3.8) is 0 Å². The fourth-order valence-electron chi connectivity index (χ4n) is 3.64. The van der Waals surface area contributed by atoms with E-state index in [2.05, 4.69) is 12.1 Å². The Morgan fingerprint density at radius 2 is 1.62 bits per heavy atom. The van der Waals surface area contributed by atoms with E-state index in [1.165, 1.54) is 12.8 Å². The quantitative estimate of drug-likeness (QED) is 0.672. The summed E-state index contributed by atoms with van der Waals surface area (Å²) in [4.78, 5) is 13.2. The van der Waals surface area contributed by atoms with Gasteiger partial charge in [0.25, 0.3) is 0 Å². The number of fused-ring (bicyclic) bond motifs is 1. The van der Waals surface area contributed by atoms with Gasteiger partial charge in [-0.3, -0.25) is 4.79 Å². The molecule has 0 aromatic heterocycles. The number of nitrogens with two attached hydrogens (primary N) is 1. The summed E-state index contributed by atoms with van der Waals surface area (Å²) in [6.45, 7) is 0.467. The maximum absolute atomic E-state index is 13.2. The van der Waals surface area contributed by atoms with Gasteiger partial charge in [-0.1, -0.05) is 68.1 Å². The molecule has 0 atom stereocenters. The SMILES string of the molecule is NCC1(C(=O)c2cccc3ccccc23)CCCCCC1. The molecule has 0 aliphatic heterocycles. The van der Waals surface area contributed by atoms with E-state index in [4.69, 9.17) is 5.73 Å². The molecule has 2 nitrogen and oxygen atoms in total. The van der Waals surface area contributed by atoms with Gasteiger partial charge in [-0.15, -0.1) is 0 Å². The largest absolute Gasteiger partial charge is 0.329 e. The third kappa shape index (κ3) is 2.60. The van der Waals surface area contributed by atoms with Gasteiger partial charge in [0.1, 0.15) is 0 Å². The van der Waals surface area contributed by atoms with Crippen molar-refractivity contribution in [2.45, 2.75) is 38.5 Å². The molecule has 2 aromatic rings. The number of rotatable bonds is 3. The normalized spacial score (nSPS) is 18.3. The Hall–Kier alpha value is -1.67. The molecule has 0 unspecified atom stereocenters. The second kappa shape index (κ2) is 5.98. The number of hydrogen-bond donors (Lipinski definition) is 1. The average molecular weight is 281 g/mol. The second-order valence-electron chi connectivity index (χ2n) is 6.25. The summed E-state index contributed by atoms with van der Waals surface area (Å²) in [6.07, 6.45) is 6.56. The van der Waals surface area contributed by atoms with Crippen molar-refractivity contribution in [3.8, 4) is 0 Å².